The Kier molecular flexibility index (Phi) is 5.71. The van der Waals surface area contributed by atoms with E-state index in [0.29, 0.717) is 25.1 Å². The van der Waals surface area contributed by atoms with E-state index in [4.69, 9.17) is 9.84 Å². The number of nitrogens with one attached hydrogen (secondary N) is 2. The van der Waals surface area contributed by atoms with Gasteiger partial charge in [0, 0.05) is 24.2 Å². The second-order valence-electron chi connectivity index (χ2n) is 4.87. The van der Waals surface area contributed by atoms with Crippen LogP contribution in [0, 0.1) is 0 Å². The molecule has 0 saturated carbocycles. The molecular weight excluding hydrogens is 272 g/mol. The van der Waals surface area contributed by atoms with E-state index in [1.54, 1.807) is 12.1 Å². The number of amides is 2. The summed E-state index contributed by atoms with van der Waals surface area (Å²) in [6.45, 7) is 1.01. The van der Waals surface area contributed by atoms with E-state index in [-0.39, 0.29) is 25.0 Å². The van der Waals surface area contributed by atoms with Crippen molar-refractivity contribution in [1.29, 1.82) is 0 Å². The van der Waals surface area contributed by atoms with E-state index in [1.165, 1.54) is 0 Å². The van der Waals surface area contributed by atoms with Crippen molar-refractivity contribution in [3.8, 4) is 0 Å². The lowest BCUT2D eigenvalue weighted by Crippen LogP contribution is -2.27. The molecule has 2 rings (SSSR count). The zero-order valence-electron chi connectivity index (χ0n) is 11.9. The fourth-order valence-corrected chi connectivity index (χ4v) is 2.22. The van der Waals surface area contributed by atoms with Gasteiger partial charge in [0.25, 0.3) is 5.91 Å². The molecule has 6 heteroatoms. The summed E-state index contributed by atoms with van der Waals surface area (Å²) in [5.41, 5.74) is 2.36. The molecule has 0 atom stereocenters. The summed E-state index contributed by atoms with van der Waals surface area (Å²) in [6, 6.07) is 5.30. The lowest BCUT2D eigenvalue weighted by molar-refractivity contribution is -0.116. The number of aryl methyl sites for hydroxylation is 1. The average molecular weight is 292 g/mol. The van der Waals surface area contributed by atoms with Gasteiger partial charge in [-0.3, -0.25) is 9.59 Å². The van der Waals surface area contributed by atoms with Crippen molar-refractivity contribution in [1.82, 2.24) is 5.32 Å². The van der Waals surface area contributed by atoms with Gasteiger partial charge in [0.2, 0.25) is 5.91 Å². The number of carbonyl (C=O) groups excluding carboxylic acids is 2. The molecule has 114 valence electrons. The molecule has 2 amide bonds. The van der Waals surface area contributed by atoms with Crippen LogP contribution in [0.4, 0.5) is 5.69 Å². The zero-order chi connectivity index (χ0) is 15.1. The number of benzene rings is 1. The Bertz CT molecular complexity index is 516. The monoisotopic (exact) mass is 292 g/mol. The fourth-order valence-electron chi connectivity index (χ4n) is 2.22. The van der Waals surface area contributed by atoms with Crippen molar-refractivity contribution in [2.45, 2.75) is 19.3 Å². The van der Waals surface area contributed by atoms with Crippen LogP contribution in [0.25, 0.3) is 0 Å². The molecule has 1 aliphatic rings. The van der Waals surface area contributed by atoms with Crippen LogP contribution in [0.1, 0.15) is 28.8 Å². The highest BCUT2D eigenvalue weighted by molar-refractivity contribution is 5.97. The number of aliphatic hydroxyl groups is 1. The number of anilines is 1. The number of aliphatic hydroxyl groups excluding tert-OH is 1. The first-order chi connectivity index (χ1) is 10.2. The SMILES string of the molecule is O=C1CCCc2cc(C(=O)NCCOCCO)ccc2N1. The Hall–Kier alpha value is -1.92. The number of fused-ring (bicyclic) bond motifs is 1. The minimum Gasteiger partial charge on any atom is -0.394 e. The van der Waals surface area contributed by atoms with Crippen LogP contribution in [0.5, 0.6) is 0 Å². The molecule has 0 radical (unpaired) electrons. The summed E-state index contributed by atoms with van der Waals surface area (Å²) in [4.78, 5) is 23.5. The number of carbonyl (C=O) groups is 2. The molecule has 1 aromatic carbocycles. The highest BCUT2D eigenvalue weighted by atomic mass is 16.5. The summed E-state index contributed by atoms with van der Waals surface area (Å²) >= 11 is 0. The van der Waals surface area contributed by atoms with Gasteiger partial charge < -0.3 is 20.5 Å². The van der Waals surface area contributed by atoms with Gasteiger partial charge in [-0.1, -0.05) is 0 Å². The molecule has 3 N–H and O–H groups in total. The first-order valence-corrected chi connectivity index (χ1v) is 7.10. The lowest BCUT2D eigenvalue weighted by Gasteiger charge is -2.10. The molecule has 21 heavy (non-hydrogen) atoms. The normalized spacial score (nSPS) is 14.0. The van der Waals surface area contributed by atoms with Crippen molar-refractivity contribution in [2.75, 3.05) is 31.7 Å². The highest BCUT2D eigenvalue weighted by Gasteiger charge is 2.14. The van der Waals surface area contributed by atoms with Gasteiger partial charge in [-0.2, -0.15) is 0 Å². The molecule has 0 fully saturated rings. The van der Waals surface area contributed by atoms with Crippen LogP contribution in [0.2, 0.25) is 0 Å². The van der Waals surface area contributed by atoms with E-state index in [1.807, 2.05) is 6.07 Å². The summed E-state index contributed by atoms with van der Waals surface area (Å²) in [6.07, 6.45) is 2.09. The number of ether oxygens (including phenoxy) is 1. The standard InChI is InChI=1S/C15H20N2O4/c18-7-9-21-8-6-16-15(20)12-4-5-13-11(10-12)2-1-3-14(19)17-13/h4-5,10,18H,1-3,6-9H2,(H,16,20)(H,17,19). The van der Waals surface area contributed by atoms with E-state index < -0.39 is 0 Å². The van der Waals surface area contributed by atoms with Crippen LogP contribution < -0.4 is 10.6 Å². The van der Waals surface area contributed by atoms with E-state index in [9.17, 15) is 9.59 Å². The van der Waals surface area contributed by atoms with E-state index in [2.05, 4.69) is 10.6 Å². The van der Waals surface area contributed by atoms with Crippen LogP contribution in [0.15, 0.2) is 18.2 Å². The minimum absolute atomic E-state index is 0.0204. The van der Waals surface area contributed by atoms with Gasteiger partial charge in [-0.25, -0.2) is 0 Å². The van der Waals surface area contributed by atoms with Gasteiger partial charge >= 0.3 is 0 Å². The maximum atomic E-state index is 12.0. The predicted octanol–water partition coefficient (Wildman–Crippen LogP) is 0.700. The third-order valence-corrected chi connectivity index (χ3v) is 3.26. The molecule has 0 bridgehead atoms. The predicted molar refractivity (Wildman–Crippen MR) is 78.2 cm³/mol. The van der Waals surface area contributed by atoms with Gasteiger partial charge in [-0.05, 0) is 36.6 Å². The van der Waals surface area contributed by atoms with Crippen LogP contribution in [-0.4, -0.2) is 43.3 Å². The molecule has 1 aromatic rings. The van der Waals surface area contributed by atoms with Gasteiger partial charge in [0.15, 0.2) is 0 Å². The Balaban J connectivity index is 1.93. The van der Waals surface area contributed by atoms with Crippen LogP contribution in [0.3, 0.4) is 0 Å². The van der Waals surface area contributed by atoms with Crippen LogP contribution >= 0.6 is 0 Å². The Labute approximate surface area is 123 Å². The largest absolute Gasteiger partial charge is 0.394 e. The maximum Gasteiger partial charge on any atom is 0.251 e. The highest BCUT2D eigenvalue weighted by Crippen LogP contribution is 2.23. The van der Waals surface area contributed by atoms with Crippen LogP contribution in [-0.2, 0) is 16.0 Å². The molecule has 0 aromatic heterocycles. The summed E-state index contributed by atoms with van der Waals surface area (Å²) in [7, 11) is 0. The van der Waals surface area contributed by atoms with Crippen molar-refractivity contribution in [2.24, 2.45) is 0 Å². The second kappa shape index (κ2) is 7.75. The number of hydrogen-bond donors (Lipinski definition) is 3. The Morgan fingerprint density at radius 2 is 2.19 bits per heavy atom. The maximum absolute atomic E-state index is 12.0. The van der Waals surface area contributed by atoms with Gasteiger partial charge in [0.05, 0.1) is 19.8 Å². The molecule has 0 spiro atoms. The zero-order valence-corrected chi connectivity index (χ0v) is 11.9. The first-order valence-electron chi connectivity index (χ1n) is 7.10. The van der Waals surface area contributed by atoms with E-state index >= 15 is 0 Å². The first kappa shape index (κ1) is 15.5. The number of rotatable bonds is 6. The minimum atomic E-state index is -0.166. The summed E-state index contributed by atoms with van der Waals surface area (Å²) in [5, 5.41) is 14.2. The second-order valence-corrected chi connectivity index (χ2v) is 4.87. The number of hydrogen-bond acceptors (Lipinski definition) is 4. The third-order valence-electron chi connectivity index (χ3n) is 3.26. The Morgan fingerprint density at radius 1 is 1.33 bits per heavy atom. The molecule has 0 saturated heterocycles. The smallest absolute Gasteiger partial charge is 0.251 e. The molecule has 0 aliphatic carbocycles. The van der Waals surface area contributed by atoms with Crippen molar-refractivity contribution < 1.29 is 19.4 Å². The third kappa shape index (κ3) is 4.54. The average Bonchev–Trinajstić information content (AvgIpc) is 2.66. The molecule has 6 nitrogen and oxygen atoms in total. The lowest BCUT2D eigenvalue weighted by atomic mass is 10.0. The fraction of sp³-hybridized carbons (Fsp3) is 0.467. The molecule has 1 aliphatic heterocycles. The van der Waals surface area contributed by atoms with Gasteiger partial charge in [-0.15, -0.1) is 0 Å². The van der Waals surface area contributed by atoms with E-state index in [0.717, 1.165) is 24.1 Å². The molecular formula is C15H20N2O4. The van der Waals surface area contributed by atoms with Crippen molar-refractivity contribution in [3.63, 3.8) is 0 Å². The Morgan fingerprint density at radius 3 is 3.00 bits per heavy atom. The van der Waals surface area contributed by atoms with Crippen molar-refractivity contribution >= 4 is 17.5 Å². The summed E-state index contributed by atoms with van der Waals surface area (Å²) < 4.78 is 5.08. The molecule has 1 heterocycles. The van der Waals surface area contributed by atoms with Gasteiger partial charge in [0.1, 0.15) is 0 Å². The topological polar surface area (TPSA) is 87.7 Å². The van der Waals surface area contributed by atoms with Crippen molar-refractivity contribution in [3.05, 3.63) is 29.3 Å². The molecule has 0 unspecified atom stereocenters. The quantitative estimate of drug-likeness (QED) is 0.674. The summed E-state index contributed by atoms with van der Waals surface area (Å²) in [5.74, 6) is -0.145.